The Hall–Kier alpha value is -1.90. The molecule has 0 bridgehead atoms. The van der Waals surface area contributed by atoms with Gasteiger partial charge in [0, 0.05) is 11.9 Å². The van der Waals surface area contributed by atoms with Gasteiger partial charge in [-0.3, -0.25) is 0 Å². The molecule has 0 fully saturated rings. The fraction of sp³-hybridized carbons (Fsp3) is 0.375. The lowest BCUT2D eigenvalue weighted by molar-refractivity contribution is 0.679. The summed E-state index contributed by atoms with van der Waals surface area (Å²) in [5, 5.41) is 12.8. The van der Waals surface area contributed by atoms with Crippen molar-refractivity contribution in [2.75, 3.05) is 11.9 Å². The van der Waals surface area contributed by atoms with Crippen molar-refractivity contribution in [2.45, 2.75) is 32.1 Å². The molecule has 0 spiro atoms. The number of hydrogen-bond acceptors (Lipinski definition) is 3. The lowest BCUT2D eigenvalue weighted by Crippen LogP contribution is -2.05. The smallest absolute Gasteiger partial charge is 0.0950 e. The normalized spacial score (nSPS) is 15.3. The molecular formula is C16H19N3. The first kappa shape index (κ1) is 12.2. The number of rotatable bonds is 4. The summed E-state index contributed by atoms with van der Waals surface area (Å²) < 4.78 is 0. The largest absolute Gasteiger partial charge is 0.383 e. The van der Waals surface area contributed by atoms with E-state index in [0.717, 1.165) is 29.6 Å². The third-order valence-corrected chi connectivity index (χ3v) is 3.69. The zero-order valence-electron chi connectivity index (χ0n) is 11.1. The Morgan fingerprint density at radius 3 is 3.00 bits per heavy atom. The van der Waals surface area contributed by atoms with E-state index in [1.807, 2.05) is 24.4 Å². The molecule has 0 radical (unpaired) electrons. The standard InChI is InChI=1S/C16H19N3/c1-2-6-13(7-3-1)10-11-17-16-12-18-19-15-9-5-4-8-14(15)16/h4-6,8-9,12H,1-3,7,10-11H2,(H,17,19). The molecule has 0 aliphatic heterocycles. The summed E-state index contributed by atoms with van der Waals surface area (Å²) in [4.78, 5) is 0. The lowest BCUT2D eigenvalue weighted by atomic mass is 9.97. The van der Waals surface area contributed by atoms with Gasteiger partial charge in [-0.15, -0.1) is 0 Å². The quantitative estimate of drug-likeness (QED) is 0.839. The molecule has 19 heavy (non-hydrogen) atoms. The van der Waals surface area contributed by atoms with Crippen molar-refractivity contribution in [3.63, 3.8) is 0 Å². The molecule has 0 saturated carbocycles. The minimum absolute atomic E-state index is 0.949. The number of benzene rings is 1. The number of nitrogens with zero attached hydrogens (tertiary/aromatic N) is 2. The molecule has 1 heterocycles. The van der Waals surface area contributed by atoms with E-state index in [2.05, 4.69) is 27.7 Å². The molecule has 1 aliphatic rings. The minimum atomic E-state index is 0.949. The van der Waals surface area contributed by atoms with Crippen LogP contribution >= 0.6 is 0 Å². The summed E-state index contributed by atoms with van der Waals surface area (Å²) >= 11 is 0. The molecule has 1 aromatic heterocycles. The van der Waals surface area contributed by atoms with Crippen LogP contribution in [0, 0.1) is 0 Å². The summed E-state index contributed by atoms with van der Waals surface area (Å²) in [6, 6.07) is 8.12. The Kier molecular flexibility index (Phi) is 3.73. The molecule has 1 aliphatic carbocycles. The highest BCUT2D eigenvalue weighted by Gasteiger charge is 2.05. The maximum Gasteiger partial charge on any atom is 0.0950 e. The van der Waals surface area contributed by atoms with Gasteiger partial charge in [-0.2, -0.15) is 10.2 Å². The van der Waals surface area contributed by atoms with Gasteiger partial charge < -0.3 is 5.32 Å². The molecule has 1 aromatic carbocycles. The number of aromatic nitrogens is 2. The second kappa shape index (κ2) is 5.83. The van der Waals surface area contributed by atoms with E-state index < -0.39 is 0 Å². The maximum atomic E-state index is 4.14. The highest BCUT2D eigenvalue weighted by Crippen LogP contribution is 2.22. The van der Waals surface area contributed by atoms with Crippen molar-refractivity contribution < 1.29 is 0 Å². The zero-order chi connectivity index (χ0) is 12.9. The predicted octanol–water partition coefficient (Wildman–Crippen LogP) is 3.93. The van der Waals surface area contributed by atoms with Gasteiger partial charge >= 0.3 is 0 Å². The third-order valence-electron chi connectivity index (χ3n) is 3.69. The molecule has 0 atom stereocenters. The van der Waals surface area contributed by atoms with E-state index in [1.165, 1.54) is 25.7 Å². The van der Waals surface area contributed by atoms with Gasteiger partial charge in [0.15, 0.2) is 0 Å². The lowest BCUT2D eigenvalue weighted by Gasteiger charge is -2.14. The number of allylic oxidation sites excluding steroid dienone is 1. The first-order valence-corrected chi connectivity index (χ1v) is 7.06. The summed E-state index contributed by atoms with van der Waals surface area (Å²) in [6.07, 6.45) is 10.6. The van der Waals surface area contributed by atoms with E-state index in [4.69, 9.17) is 0 Å². The van der Waals surface area contributed by atoms with Crippen LogP contribution in [0.2, 0.25) is 0 Å². The number of anilines is 1. The number of hydrogen-bond donors (Lipinski definition) is 1. The highest BCUT2D eigenvalue weighted by molar-refractivity contribution is 5.90. The fourth-order valence-corrected chi connectivity index (χ4v) is 2.64. The summed E-state index contributed by atoms with van der Waals surface area (Å²) in [5.41, 5.74) is 3.64. The van der Waals surface area contributed by atoms with Crippen molar-refractivity contribution in [3.05, 3.63) is 42.1 Å². The van der Waals surface area contributed by atoms with E-state index in [1.54, 1.807) is 5.57 Å². The summed E-state index contributed by atoms with van der Waals surface area (Å²) in [7, 11) is 0. The van der Waals surface area contributed by atoms with Crippen molar-refractivity contribution >= 4 is 16.6 Å². The van der Waals surface area contributed by atoms with Crippen LogP contribution in [0.15, 0.2) is 42.1 Å². The van der Waals surface area contributed by atoms with Crippen LogP contribution in [0.25, 0.3) is 10.9 Å². The predicted molar refractivity (Wildman–Crippen MR) is 79.2 cm³/mol. The van der Waals surface area contributed by atoms with Crippen LogP contribution in [0.3, 0.4) is 0 Å². The second-order valence-corrected chi connectivity index (χ2v) is 5.06. The monoisotopic (exact) mass is 253 g/mol. The first-order valence-electron chi connectivity index (χ1n) is 7.06. The van der Waals surface area contributed by atoms with Crippen LogP contribution in [-0.2, 0) is 0 Å². The van der Waals surface area contributed by atoms with Crippen LogP contribution in [0.5, 0.6) is 0 Å². The maximum absolute atomic E-state index is 4.14. The number of fused-ring (bicyclic) bond motifs is 1. The molecule has 98 valence electrons. The van der Waals surface area contributed by atoms with Gasteiger partial charge in [0.2, 0.25) is 0 Å². The van der Waals surface area contributed by atoms with Crippen LogP contribution in [0.1, 0.15) is 32.1 Å². The van der Waals surface area contributed by atoms with Crippen LogP contribution in [-0.4, -0.2) is 16.7 Å². The van der Waals surface area contributed by atoms with E-state index in [0.29, 0.717) is 0 Å². The molecule has 3 nitrogen and oxygen atoms in total. The van der Waals surface area contributed by atoms with Gasteiger partial charge in [-0.25, -0.2) is 0 Å². The first-order chi connectivity index (χ1) is 9.43. The minimum Gasteiger partial charge on any atom is -0.383 e. The Bertz CT molecular complexity index is 584. The SMILES string of the molecule is C1=C(CCNc2cnnc3ccccc23)CCCC1. The van der Waals surface area contributed by atoms with Crippen molar-refractivity contribution in [2.24, 2.45) is 0 Å². The van der Waals surface area contributed by atoms with E-state index in [9.17, 15) is 0 Å². The second-order valence-electron chi connectivity index (χ2n) is 5.06. The zero-order valence-corrected chi connectivity index (χ0v) is 11.1. The van der Waals surface area contributed by atoms with Gasteiger partial charge in [0.1, 0.15) is 0 Å². The molecule has 1 N–H and O–H groups in total. The van der Waals surface area contributed by atoms with Crippen molar-refractivity contribution in [3.8, 4) is 0 Å². The van der Waals surface area contributed by atoms with Gasteiger partial charge in [-0.1, -0.05) is 29.8 Å². The van der Waals surface area contributed by atoms with Gasteiger partial charge in [0.25, 0.3) is 0 Å². The molecule has 3 heteroatoms. The van der Waals surface area contributed by atoms with E-state index in [-0.39, 0.29) is 0 Å². The van der Waals surface area contributed by atoms with Crippen molar-refractivity contribution in [1.29, 1.82) is 0 Å². The average molecular weight is 253 g/mol. The van der Waals surface area contributed by atoms with Crippen molar-refractivity contribution in [1.82, 2.24) is 10.2 Å². The molecule has 0 amide bonds. The average Bonchev–Trinajstić information content (AvgIpc) is 2.49. The Morgan fingerprint density at radius 2 is 2.11 bits per heavy atom. The fourth-order valence-electron chi connectivity index (χ4n) is 2.64. The Morgan fingerprint density at radius 1 is 1.16 bits per heavy atom. The Labute approximate surface area is 113 Å². The third kappa shape index (κ3) is 2.92. The van der Waals surface area contributed by atoms with E-state index >= 15 is 0 Å². The Balaban J connectivity index is 1.66. The van der Waals surface area contributed by atoms with Gasteiger partial charge in [-0.05, 0) is 38.2 Å². The molecular weight excluding hydrogens is 234 g/mol. The molecule has 0 saturated heterocycles. The molecule has 2 aromatic rings. The van der Waals surface area contributed by atoms with Crippen LogP contribution < -0.4 is 5.32 Å². The summed E-state index contributed by atoms with van der Waals surface area (Å²) in [5.74, 6) is 0. The van der Waals surface area contributed by atoms with Gasteiger partial charge in [0.05, 0.1) is 17.4 Å². The topological polar surface area (TPSA) is 37.8 Å². The van der Waals surface area contributed by atoms with Crippen LogP contribution in [0.4, 0.5) is 5.69 Å². The molecule has 0 unspecified atom stereocenters. The highest BCUT2D eigenvalue weighted by atomic mass is 15.1. The number of nitrogens with one attached hydrogen (secondary N) is 1. The molecule has 3 rings (SSSR count). The summed E-state index contributed by atoms with van der Waals surface area (Å²) in [6.45, 7) is 0.974.